The topological polar surface area (TPSA) is 140 Å². The van der Waals surface area contributed by atoms with Gasteiger partial charge in [-0.1, -0.05) is 16.9 Å². The van der Waals surface area contributed by atoms with E-state index in [2.05, 4.69) is 21.7 Å². The molecule has 1 aromatic rings. The first-order valence-electron chi connectivity index (χ1n) is 5.98. The first-order valence-corrected chi connectivity index (χ1v) is 7.37. The van der Waals surface area contributed by atoms with Gasteiger partial charge in [0.25, 0.3) is 0 Å². The van der Waals surface area contributed by atoms with E-state index in [9.17, 15) is 4.79 Å². The summed E-state index contributed by atoms with van der Waals surface area (Å²) in [4.78, 5) is 13.4. The van der Waals surface area contributed by atoms with E-state index >= 15 is 0 Å². The van der Waals surface area contributed by atoms with Crippen molar-refractivity contribution in [2.24, 2.45) is 0 Å². The molecule has 2 atom stereocenters. The van der Waals surface area contributed by atoms with Crippen LogP contribution in [0, 0.1) is 0 Å². The Morgan fingerprint density at radius 3 is 2.64 bits per heavy atom. The second kappa shape index (κ2) is 7.53. The van der Waals surface area contributed by atoms with E-state index in [0.717, 1.165) is 0 Å². The van der Waals surface area contributed by atoms with E-state index in [1.807, 2.05) is 11.8 Å². The zero-order chi connectivity index (χ0) is 15.6. The molecule has 2 bridgehead atoms. The van der Waals surface area contributed by atoms with Gasteiger partial charge in [0.05, 0.1) is 6.20 Å². The van der Waals surface area contributed by atoms with Gasteiger partial charge in [0, 0.05) is 18.8 Å². The smallest absolute Gasteiger partial charge is 0.427 e. The summed E-state index contributed by atoms with van der Waals surface area (Å²) in [5.74, 6) is 0. The van der Waals surface area contributed by atoms with Crippen LogP contribution in [0.4, 0.5) is 4.79 Å². The van der Waals surface area contributed by atoms with Crippen molar-refractivity contribution < 1.29 is 51.9 Å². The van der Waals surface area contributed by atoms with Crippen LogP contribution in [0.2, 0.25) is 0 Å². The molecule has 1 fully saturated rings. The molecule has 116 valence electrons. The minimum absolute atomic E-state index is 0. The standard InChI is InChI=1S/C10H13N5O.Na.H2O4S/c1-7-4-8-5-15(10(16)12-8)9(7)6-14-3-2-11-13-14;;1-5(2,3)4/h2-4,8-9H,5-6H2,1H3,(H,12,16);;(H2,1,2,3,4)/q;+1;/p-1/t8-,9-;;/m1../s1. The Kier molecular flexibility index (Phi) is 6.52. The molecule has 2 aliphatic rings. The van der Waals surface area contributed by atoms with Crippen molar-refractivity contribution in [2.75, 3.05) is 6.54 Å². The summed E-state index contributed by atoms with van der Waals surface area (Å²) in [5.41, 5.74) is 1.18. The van der Waals surface area contributed by atoms with Crippen molar-refractivity contribution in [3.05, 3.63) is 29.4 Å². The second-order valence-corrected chi connectivity index (χ2v) is 5.53. The number of carbonyl (C=O) groups is 1. The zero-order valence-corrected chi connectivity index (χ0v) is 14.9. The van der Waals surface area contributed by atoms with Crippen molar-refractivity contribution in [3.8, 4) is 0 Å². The molecule has 2 amide bonds. The molecule has 0 aromatic carbocycles. The fourth-order valence-electron chi connectivity index (χ4n) is 2.30. The van der Waals surface area contributed by atoms with Crippen LogP contribution in [0.25, 0.3) is 5.32 Å². The third-order valence-electron chi connectivity index (χ3n) is 3.09. The molecule has 0 aliphatic carbocycles. The van der Waals surface area contributed by atoms with E-state index < -0.39 is 10.4 Å². The molecule has 3 rings (SSSR count). The van der Waals surface area contributed by atoms with Crippen molar-refractivity contribution in [1.29, 1.82) is 0 Å². The molecule has 2 N–H and O–H groups in total. The average Bonchev–Trinajstić information content (AvgIpc) is 2.91. The van der Waals surface area contributed by atoms with Crippen LogP contribution in [0.5, 0.6) is 0 Å². The Morgan fingerprint density at radius 1 is 1.45 bits per heavy atom. The molecule has 22 heavy (non-hydrogen) atoms. The third-order valence-corrected chi connectivity index (χ3v) is 3.09. The van der Waals surface area contributed by atoms with Crippen LogP contribution < -0.4 is 29.6 Å². The van der Waals surface area contributed by atoms with E-state index in [1.54, 1.807) is 17.1 Å². The van der Waals surface area contributed by atoms with Crippen LogP contribution in [0.3, 0.4) is 0 Å². The summed E-state index contributed by atoms with van der Waals surface area (Å²) in [6.45, 7) is 3.39. The summed E-state index contributed by atoms with van der Waals surface area (Å²) in [5, 5.41) is 11.7. The number of fused-ring (bicyclic) bond motifs is 2. The summed E-state index contributed by atoms with van der Waals surface area (Å²) < 4.78 is 33.3. The Hall–Kier alpha value is -0.980. The minimum Gasteiger partial charge on any atom is -0.427 e. The predicted octanol–water partition coefficient (Wildman–Crippen LogP) is -2.86. The van der Waals surface area contributed by atoms with Crippen LogP contribution in [0.15, 0.2) is 24.0 Å². The number of rotatable bonds is 2. The van der Waals surface area contributed by atoms with Crippen LogP contribution in [-0.4, -0.2) is 62.1 Å². The summed E-state index contributed by atoms with van der Waals surface area (Å²) >= 11 is 0. The maximum absolute atomic E-state index is 11.6. The SMILES string of the molecule is CC1=C[C@@H]2CN(C(=O)[N-]2)[C@@H]1Cn1ccnn1.O=S(=O)(O)O.[Na+]. The first-order chi connectivity index (χ1) is 9.74. The number of carbonyl (C=O) groups excluding carboxylic acids is 1. The molecule has 12 heteroatoms. The van der Waals surface area contributed by atoms with Gasteiger partial charge in [0.2, 0.25) is 0 Å². The molecule has 0 spiro atoms. The number of aromatic nitrogens is 3. The van der Waals surface area contributed by atoms with E-state index in [1.165, 1.54) is 5.57 Å². The Labute approximate surface area is 149 Å². The van der Waals surface area contributed by atoms with E-state index in [4.69, 9.17) is 17.5 Å². The van der Waals surface area contributed by atoms with E-state index in [-0.39, 0.29) is 47.7 Å². The summed E-state index contributed by atoms with van der Waals surface area (Å²) in [6, 6.07) is 0.0133. The average molecular weight is 339 g/mol. The normalized spacial score (nSPS) is 23.0. The number of nitrogens with zero attached hydrogens (tertiary/aromatic N) is 5. The van der Waals surface area contributed by atoms with Crippen molar-refractivity contribution in [1.82, 2.24) is 19.9 Å². The fourth-order valence-corrected chi connectivity index (χ4v) is 2.30. The number of urea groups is 1. The monoisotopic (exact) mass is 339 g/mol. The van der Waals surface area contributed by atoms with Crippen LogP contribution in [0.1, 0.15) is 6.92 Å². The second-order valence-electron chi connectivity index (χ2n) is 4.63. The predicted molar refractivity (Wildman–Crippen MR) is 71.0 cm³/mol. The van der Waals surface area contributed by atoms with Gasteiger partial charge in [-0.25, -0.2) is 0 Å². The van der Waals surface area contributed by atoms with E-state index in [0.29, 0.717) is 13.1 Å². The van der Waals surface area contributed by atoms with Gasteiger partial charge in [0.1, 0.15) is 0 Å². The molecule has 0 saturated carbocycles. The quantitative estimate of drug-likeness (QED) is 0.335. The molecule has 2 aliphatic heterocycles. The molecule has 3 heterocycles. The summed E-state index contributed by atoms with van der Waals surface area (Å²) in [6.07, 6.45) is 5.51. The van der Waals surface area contributed by atoms with Crippen LogP contribution in [-0.2, 0) is 16.9 Å². The van der Waals surface area contributed by atoms with Crippen molar-refractivity contribution in [2.45, 2.75) is 25.6 Å². The maximum atomic E-state index is 11.6. The Bertz CT molecular complexity index is 639. The minimum atomic E-state index is -4.67. The first kappa shape index (κ1) is 19.1. The molecule has 0 radical (unpaired) electrons. The fraction of sp³-hybridized carbons (Fsp3) is 0.500. The Morgan fingerprint density at radius 2 is 2.09 bits per heavy atom. The molecular formula is C10H14N5NaO5S. The van der Waals surface area contributed by atoms with Gasteiger partial charge >= 0.3 is 40.0 Å². The number of amides is 2. The largest absolute Gasteiger partial charge is 1.00 e. The van der Waals surface area contributed by atoms with Gasteiger partial charge in [-0.3, -0.25) is 18.6 Å². The molecule has 1 saturated heterocycles. The van der Waals surface area contributed by atoms with Crippen LogP contribution >= 0.6 is 0 Å². The molecule has 1 aromatic heterocycles. The molecular weight excluding hydrogens is 325 g/mol. The van der Waals surface area contributed by atoms with Gasteiger partial charge in [-0.05, 0) is 19.5 Å². The van der Waals surface area contributed by atoms with Gasteiger partial charge < -0.3 is 10.2 Å². The summed E-state index contributed by atoms with van der Waals surface area (Å²) in [7, 11) is -4.67. The number of hydrogen-bond donors (Lipinski definition) is 2. The van der Waals surface area contributed by atoms with Crippen molar-refractivity contribution >= 4 is 16.4 Å². The van der Waals surface area contributed by atoms with Crippen molar-refractivity contribution in [3.63, 3.8) is 0 Å². The van der Waals surface area contributed by atoms with Gasteiger partial charge in [-0.15, -0.1) is 5.10 Å². The molecule has 0 unspecified atom stereocenters. The van der Waals surface area contributed by atoms with Gasteiger partial charge in [-0.2, -0.15) is 8.42 Å². The maximum Gasteiger partial charge on any atom is 1.00 e. The third kappa shape index (κ3) is 5.34. The Balaban J connectivity index is 0.000000356. The zero-order valence-electron chi connectivity index (χ0n) is 12.1. The number of hydrogen-bond acceptors (Lipinski definition) is 5. The molecule has 10 nitrogen and oxygen atoms in total. The van der Waals surface area contributed by atoms with Gasteiger partial charge in [0.15, 0.2) is 6.03 Å².